The van der Waals surface area contributed by atoms with Crippen molar-refractivity contribution in [2.45, 2.75) is 57.7 Å². The first kappa shape index (κ1) is 16.2. The number of ether oxygens (including phenoxy) is 3. The lowest BCUT2D eigenvalue weighted by atomic mass is 10.1. The molecule has 1 aromatic carbocycles. The minimum Gasteiger partial charge on any atom is -0.371 e. The average Bonchev–Trinajstić information content (AvgIpc) is 2.84. The monoisotopic (exact) mass is 290 g/mol. The van der Waals surface area contributed by atoms with Crippen molar-refractivity contribution < 1.29 is 14.2 Å². The van der Waals surface area contributed by atoms with Gasteiger partial charge in [-0.2, -0.15) is 0 Å². The third-order valence-corrected chi connectivity index (χ3v) is 3.65. The number of hydrogen-bond donors (Lipinski definition) is 0. The summed E-state index contributed by atoms with van der Waals surface area (Å²) >= 11 is 0. The van der Waals surface area contributed by atoms with E-state index in [2.05, 4.69) is 18.7 Å². The van der Waals surface area contributed by atoms with Crippen LogP contribution in [0.4, 0.5) is 0 Å². The first-order valence-electron chi connectivity index (χ1n) is 7.69. The van der Waals surface area contributed by atoms with Gasteiger partial charge in [-0.05, 0) is 38.7 Å². The van der Waals surface area contributed by atoms with Crippen LogP contribution in [-0.4, -0.2) is 24.6 Å². The second-order valence-corrected chi connectivity index (χ2v) is 5.92. The third kappa shape index (κ3) is 5.27. The second-order valence-electron chi connectivity index (χ2n) is 5.92. The maximum absolute atomic E-state index is 6.11. The molecule has 0 N–H and O–H groups in total. The summed E-state index contributed by atoms with van der Waals surface area (Å²) in [5.74, 6) is -0.503. The van der Waals surface area contributed by atoms with Gasteiger partial charge in [0.15, 0.2) is 5.79 Å². The number of allylic oxidation sites excluding steroid dienone is 1. The minimum absolute atomic E-state index is 0.00790. The van der Waals surface area contributed by atoms with Crippen LogP contribution in [0, 0.1) is 0 Å². The summed E-state index contributed by atoms with van der Waals surface area (Å²) in [4.78, 5) is 0. The molecule has 0 aliphatic carbocycles. The number of rotatable bonds is 8. The predicted octanol–water partition coefficient (Wildman–Crippen LogP) is 4.08. The van der Waals surface area contributed by atoms with Crippen LogP contribution < -0.4 is 0 Å². The van der Waals surface area contributed by atoms with Crippen LogP contribution in [0.15, 0.2) is 43.0 Å². The van der Waals surface area contributed by atoms with Gasteiger partial charge in [-0.1, -0.05) is 36.4 Å². The lowest BCUT2D eigenvalue weighted by Crippen LogP contribution is -2.33. The summed E-state index contributed by atoms with van der Waals surface area (Å²) in [5.41, 5.74) is 1.18. The Kier molecular flexibility index (Phi) is 5.97. The molecule has 1 aliphatic heterocycles. The van der Waals surface area contributed by atoms with Crippen LogP contribution in [0.2, 0.25) is 0 Å². The molecule has 116 valence electrons. The number of hydrogen-bond acceptors (Lipinski definition) is 3. The summed E-state index contributed by atoms with van der Waals surface area (Å²) in [5, 5.41) is 0. The van der Waals surface area contributed by atoms with Crippen molar-refractivity contribution in [3.05, 3.63) is 48.6 Å². The smallest absolute Gasteiger partial charge is 0.163 e. The first-order valence-corrected chi connectivity index (χ1v) is 7.69. The Hall–Kier alpha value is -1.16. The van der Waals surface area contributed by atoms with Crippen LogP contribution in [-0.2, 0) is 20.8 Å². The Balaban J connectivity index is 1.90. The van der Waals surface area contributed by atoms with Crippen LogP contribution in [0.5, 0.6) is 0 Å². The van der Waals surface area contributed by atoms with Crippen molar-refractivity contribution in [1.29, 1.82) is 0 Å². The Morgan fingerprint density at radius 1 is 1.38 bits per heavy atom. The molecule has 1 fully saturated rings. The van der Waals surface area contributed by atoms with Crippen LogP contribution >= 0.6 is 0 Å². The number of unbranched alkanes of at least 4 members (excludes halogenated alkanes) is 1. The molecule has 0 bridgehead atoms. The molecular formula is C18H26O3. The highest BCUT2D eigenvalue weighted by atomic mass is 16.7. The molecule has 1 aliphatic rings. The van der Waals surface area contributed by atoms with Gasteiger partial charge in [-0.25, -0.2) is 0 Å². The highest BCUT2D eigenvalue weighted by Crippen LogP contribution is 2.27. The fourth-order valence-electron chi connectivity index (χ4n) is 2.52. The lowest BCUT2D eigenvalue weighted by molar-refractivity contribution is -0.158. The van der Waals surface area contributed by atoms with E-state index in [1.54, 1.807) is 0 Å². The van der Waals surface area contributed by atoms with E-state index in [1.807, 2.05) is 38.1 Å². The highest BCUT2D eigenvalue weighted by molar-refractivity contribution is 5.13. The lowest BCUT2D eigenvalue weighted by Gasteiger charge is -2.24. The average molecular weight is 290 g/mol. The summed E-state index contributed by atoms with van der Waals surface area (Å²) < 4.78 is 17.7. The summed E-state index contributed by atoms with van der Waals surface area (Å²) in [6.07, 6.45) is 5.04. The van der Waals surface area contributed by atoms with E-state index >= 15 is 0 Å². The van der Waals surface area contributed by atoms with Crippen LogP contribution in [0.3, 0.4) is 0 Å². The van der Waals surface area contributed by atoms with E-state index in [9.17, 15) is 0 Å². The van der Waals surface area contributed by atoms with Gasteiger partial charge in [0.1, 0.15) is 6.10 Å². The Morgan fingerprint density at radius 3 is 2.76 bits per heavy atom. The molecule has 3 nitrogen and oxygen atoms in total. The number of benzene rings is 1. The molecule has 2 rings (SSSR count). The van der Waals surface area contributed by atoms with Gasteiger partial charge in [0.25, 0.3) is 0 Å². The molecule has 1 aromatic rings. The van der Waals surface area contributed by atoms with E-state index in [-0.39, 0.29) is 12.2 Å². The topological polar surface area (TPSA) is 27.7 Å². The standard InChI is InChI=1S/C18H26O3/c1-4-5-7-12-16(17-14-20-18(2,3)21-17)19-13-15-10-8-6-9-11-15/h4,6,8-11,16-17H,1,5,7,12-14H2,2-3H3/t16-,17-/m1/s1. The minimum atomic E-state index is -0.503. The van der Waals surface area contributed by atoms with Crippen molar-refractivity contribution in [3.63, 3.8) is 0 Å². The Labute approximate surface area is 127 Å². The van der Waals surface area contributed by atoms with Gasteiger partial charge in [-0.3, -0.25) is 0 Å². The molecular weight excluding hydrogens is 264 g/mol. The van der Waals surface area contributed by atoms with E-state index in [1.165, 1.54) is 5.56 Å². The van der Waals surface area contributed by atoms with Gasteiger partial charge < -0.3 is 14.2 Å². The largest absolute Gasteiger partial charge is 0.371 e. The zero-order valence-corrected chi connectivity index (χ0v) is 13.1. The molecule has 1 heterocycles. The van der Waals surface area contributed by atoms with Crippen molar-refractivity contribution in [3.8, 4) is 0 Å². The Morgan fingerprint density at radius 2 is 2.14 bits per heavy atom. The molecule has 0 radical (unpaired) electrons. The van der Waals surface area contributed by atoms with E-state index in [0.29, 0.717) is 13.2 Å². The quantitative estimate of drug-likeness (QED) is 0.533. The maximum atomic E-state index is 6.11. The maximum Gasteiger partial charge on any atom is 0.163 e. The summed E-state index contributed by atoms with van der Waals surface area (Å²) in [6, 6.07) is 10.2. The predicted molar refractivity (Wildman–Crippen MR) is 84.0 cm³/mol. The molecule has 3 heteroatoms. The van der Waals surface area contributed by atoms with Crippen molar-refractivity contribution in [2.24, 2.45) is 0 Å². The Bertz CT molecular complexity index is 427. The fraction of sp³-hybridized carbons (Fsp3) is 0.556. The third-order valence-electron chi connectivity index (χ3n) is 3.65. The molecule has 0 amide bonds. The highest BCUT2D eigenvalue weighted by Gasteiger charge is 2.37. The molecule has 2 atom stereocenters. The van der Waals surface area contributed by atoms with Gasteiger partial charge >= 0.3 is 0 Å². The van der Waals surface area contributed by atoms with E-state index in [0.717, 1.165) is 19.3 Å². The SMILES string of the molecule is C=CCCC[C@@H](OCc1ccccc1)[C@H]1COC(C)(C)O1. The van der Waals surface area contributed by atoms with Crippen molar-refractivity contribution in [2.75, 3.05) is 6.61 Å². The molecule has 0 aromatic heterocycles. The van der Waals surface area contributed by atoms with Gasteiger partial charge in [0, 0.05) is 0 Å². The van der Waals surface area contributed by atoms with Gasteiger partial charge in [0.05, 0.1) is 19.3 Å². The molecule has 21 heavy (non-hydrogen) atoms. The first-order chi connectivity index (χ1) is 10.1. The molecule has 0 saturated carbocycles. The normalized spacial score (nSPS) is 22.1. The van der Waals surface area contributed by atoms with Gasteiger partial charge in [-0.15, -0.1) is 6.58 Å². The van der Waals surface area contributed by atoms with Crippen LogP contribution in [0.1, 0.15) is 38.7 Å². The fourth-order valence-corrected chi connectivity index (χ4v) is 2.52. The molecule has 1 saturated heterocycles. The van der Waals surface area contributed by atoms with E-state index < -0.39 is 5.79 Å². The summed E-state index contributed by atoms with van der Waals surface area (Å²) in [6.45, 7) is 8.88. The zero-order valence-electron chi connectivity index (χ0n) is 13.1. The molecule has 0 spiro atoms. The van der Waals surface area contributed by atoms with Crippen molar-refractivity contribution in [1.82, 2.24) is 0 Å². The second kappa shape index (κ2) is 7.74. The summed E-state index contributed by atoms with van der Waals surface area (Å²) in [7, 11) is 0. The van der Waals surface area contributed by atoms with Crippen molar-refractivity contribution >= 4 is 0 Å². The van der Waals surface area contributed by atoms with E-state index in [4.69, 9.17) is 14.2 Å². The van der Waals surface area contributed by atoms with Crippen LogP contribution in [0.25, 0.3) is 0 Å². The molecule has 0 unspecified atom stereocenters. The van der Waals surface area contributed by atoms with Gasteiger partial charge in [0.2, 0.25) is 0 Å². The zero-order chi connectivity index (χ0) is 15.1.